The zero-order valence-electron chi connectivity index (χ0n) is 11.8. The zero-order valence-corrected chi connectivity index (χ0v) is 11.8. The summed E-state index contributed by atoms with van der Waals surface area (Å²) in [5.74, 6) is -0.234. The molecule has 0 bridgehead atoms. The topological polar surface area (TPSA) is 93.6 Å². The number of benzene rings is 1. The van der Waals surface area contributed by atoms with Crippen LogP contribution in [0.2, 0.25) is 0 Å². The van der Waals surface area contributed by atoms with Gasteiger partial charge in [0.25, 0.3) is 6.01 Å². The van der Waals surface area contributed by atoms with Crippen LogP contribution in [-0.4, -0.2) is 43.2 Å². The van der Waals surface area contributed by atoms with Gasteiger partial charge < -0.3 is 25.1 Å². The number of fused-ring (bicyclic) bond motifs is 1. The molecule has 0 aliphatic carbocycles. The summed E-state index contributed by atoms with van der Waals surface area (Å²) in [7, 11) is 0. The largest absolute Gasteiger partial charge is 0.423 e. The lowest BCUT2D eigenvalue weighted by Crippen LogP contribution is -2.36. The number of nitrogens with one attached hydrogen (secondary N) is 1. The van der Waals surface area contributed by atoms with Crippen LogP contribution in [0.15, 0.2) is 22.6 Å². The second kappa shape index (κ2) is 5.71. The van der Waals surface area contributed by atoms with Crippen LogP contribution in [0.25, 0.3) is 11.1 Å². The van der Waals surface area contributed by atoms with Crippen LogP contribution in [0.1, 0.15) is 6.92 Å². The fraction of sp³-hybridized carbons (Fsp3) is 0.429. The highest BCUT2D eigenvalue weighted by Gasteiger charge is 2.17. The van der Waals surface area contributed by atoms with Gasteiger partial charge in [-0.05, 0) is 19.1 Å². The van der Waals surface area contributed by atoms with Crippen molar-refractivity contribution in [2.75, 3.05) is 36.5 Å². The summed E-state index contributed by atoms with van der Waals surface area (Å²) >= 11 is 0. The van der Waals surface area contributed by atoms with E-state index in [1.54, 1.807) is 19.1 Å². The number of morpholine rings is 1. The lowest BCUT2D eigenvalue weighted by molar-refractivity contribution is -0.117. The Bertz CT molecular complexity index is 647. The molecule has 1 aliphatic rings. The van der Waals surface area contributed by atoms with Crippen molar-refractivity contribution >= 4 is 28.7 Å². The van der Waals surface area contributed by atoms with E-state index in [1.165, 1.54) is 0 Å². The fourth-order valence-corrected chi connectivity index (χ4v) is 2.14. The Kier molecular flexibility index (Phi) is 3.76. The molecule has 0 spiro atoms. The van der Waals surface area contributed by atoms with Crippen LogP contribution >= 0.6 is 0 Å². The SMILES string of the molecule is CC(N)C(=O)Nc1ccc2nc(N3CCOCC3)oc2c1. The van der Waals surface area contributed by atoms with Crippen molar-refractivity contribution in [1.29, 1.82) is 0 Å². The molecule has 1 aromatic heterocycles. The average molecular weight is 290 g/mol. The van der Waals surface area contributed by atoms with E-state index in [4.69, 9.17) is 14.9 Å². The molecular weight excluding hydrogens is 272 g/mol. The highest BCUT2D eigenvalue weighted by molar-refractivity contribution is 5.95. The van der Waals surface area contributed by atoms with Gasteiger partial charge in [0, 0.05) is 24.8 Å². The molecule has 1 aromatic carbocycles. The number of nitrogens with zero attached hydrogens (tertiary/aromatic N) is 2. The summed E-state index contributed by atoms with van der Waals surface area (Å²) in [4.78, 5) is 18.1. The summed E-state index contributed by atoms with van der Waals surface area (Å²) in [6.45, 7) is 4.52. The molecule has 0 radical (unpaired) electrons. The maximum Gasteiger partial charge on any atom is 0.298 e. The van der Waals surface area contributed by atoms with E-state index >= 15 is 0 Å². The summed E-state index contributed by atoms with van der Waals surface area (Å²) in [5.41, 5.74) is 7.58. The average Bonchev–Trinajstić information content (AvgIpc) is 2.91. The van der Waals surface area contributed by atoms with E-state index < -0.39 is 6.04 Å². The third-order valence-corrected chi connectivity index (χ3v) is 3.34. The Balaban J connectivity index is 1.82. The van der Waals surface area contributed by atoms with Gasteiger partial charge in [0.2, 0.25) is 5.91 Å². The minimum atomic E-state index is -0.556. The molecule has 21 heavy (non-hydrogen) atoms. The second-order valence-electron chi connectivity index (χ2n) is 5.06. The molecule has 1 saturated heterocycles. The number of carbonyl (C=O) groups is 1. The molecule has 1 atom stereocenters. The van der Waals surface area contributed by atoms with Gasteiger partial charge in [0.15, 0.2) is 5.58 Å². The zero-order chi connectivity index (χ0) is 14.8. The first-order chi connectivity index (χ1) is 10.1. The number of hydrogen-bond donors (Lipinski definition) is 2. The Labute approximate surface area is 122 Å². The first-order valence-corrected chi connectivity index (χ1v) is 6.93. The van der Waals surface area contributed by atoms with E-state index in [-0.39, 0.29) is 5.91 Å². The number of nitrogens with two attached hydrogens (primary N) is 1. The summed E-state index contributed by atoms with van der Waals surface area (Å²) in [6, 6.07) is 5.39. The quantitative estimate of drug-likeness (QED) is 0.874. The maximum atomic E-state index is 11.6. The van der Waals surface area contributed by atoms with Crippen molar-refractivity contribution in [3.8, 4) is 0 Å². The number of rotatable bonds is 3. The van der Waals surface area contributed by atoms with Gasteiger partial charge in [-0.2, -0.15) is 4.98 Å². The molecule has 3 N–H and O–H groups in total. The third-order valence-electron chi connectivity index (χ3n) is 3.34. The normalized spacial score (nSPS) is 17.0. The van der Waals surface area contributed by atoms with Gasteiger partial charge in [-0.15, -0.1) is 0 Å². The van der Waals surface area contributed by atoms with Crippen LogP contribution in [0.4, 0.5) is 11.7 Å². The Morgan fingerprint density at radius 1 is 1.43 bits per heavy atom. The van der Waals surface area contributed by atoms with Crippen molar-refractivity contribution in [1.82, 2.24) is 4.98 Å². The lowest BCUT2D eigenvalue weighted by atomic mass is 10.2. The van der Waals surface area contributed by atoms with Crippen LogP contribution in [0.5, 0.6) is 0 Å². The number of ether oxygens (including phenoxy) is 1. The van der Waals surface area contributed by atoms with Crippen LogP contribution in [-0.2, 0) is 9.53 Å². The molecule has 2 heterocycles. The molecule has 1 aliphatic heterocycles. The monoisotopic (exact) mass is 290 g/mol. The van der Waals surface area contributed by atoms with Crippen molar-refractivity contribution in [2.24, 2.45) is 5.73 Å². The number of amides is 1. The summed E-state index contributed by atoms with van der Waals surface area (Å²) in [5, 5.41) is 2.74. The number of aromatic nitrogens is 1. The highest BCUT2D eigenvalue weighted by atomic mass is 16.5. The molecule has 2 aromatic rings. The molecule has 1 unspecified atom stereocenters. The number of hydrogen-bond acceptors (Lipinski definition) is 6. The van der Waals surface area contributed by atoms with E-state index in [1.807, 2.05) is 11.0 Å². The summed E-state index contributed by atoms with van der Waals surface area (Å²) in [6.07, 6.45) is 0. The van der Waals surface area contributed by atoms with Crippen molar-refractivity contribution in [2.45, 2.75) is 13.0 Å². The second-order valence-corrected chi connectivity index (χ2v) is 5.06. The predicted molar refractivity (Wildman–Crippen MR) is 79.3 cm³/mol. The van der Waals surface area contributed by atoms with Crippen LogP contribution in [0, 0.1) is 0 Å². The Hall–Kier alpha value is -2.12. The van der Waals surface area contributed by atoms with Crippen molar-refractivity contribution < 1.29 is 13.9 Å². The minimum Gasteiger partial charge on any atom is -0.423 e. The third kappa shape index (κ3) is 2.98. The summed E-state index contributed by atoms with van der Waals surface area (Å²) < 4.78 is 11.1. The number of anilines is 2. The van der Waals surface area contributed by atoms with Crippen LogP contribution < -0.4 is 16.0 Å². The van der Waals surface area contributed by atoms with Gasteiger partial charge in [-0.25, -0.2) is 0 Å². The van der Waals surface area contributed by atoms with Gasteiger partial charge >= 0.3 is 0 Å². The smallest absolute Gasteiger partial charge is 0.298 e. The maximum absolute atomic E-state index is 11.6. The molecule has 112 valence electrons. The predicted octanol–water partition coefficient (Wildman–Crippen LogP) is 0.950. The van der Waals surface area contributed by atoms with Crippen molar-refractivity contribution in [3.63, 3.8) is 0 Å². The van der Waals surface area contributed by atoms with Crippen LogP contribution in [0.3, 0.4) is 0 Å². The molecule has 1 amide bonds. The van der Waals surface area contributed by atoms with E-state index in [2.05, 4.69) is 10.3 Å². The molecule has 1 fully saturated rings. The highest BCUT2D eigenvalue weighted by Crippen LogP contribution is 2.25. The molecule has 0 saturated carbocycles. The Morgan fingerprint density at radius 2 is 2.19 bits per heavy atom. The first-order valence-electron chi connectivity index (χ1n) is 6.93. The molecule has 7 nitrogen and oxygen atoms in total. The van der Waals surface area contributed by atoms with Gasteiger partial charge in [0.1, 0.15) is 5.52 Å². The molecular formula is C14H18N4O3. The van der Waals surface area contributed by atoms with E-state index in [9.17, 15) is 4.79 Å². The first kappa shape index (κ1) is 13.8. The standard InChI is InChI=1S/C14H18N4O3/c1-9(15)13(19)16-10-2-3-11-12(8-10)21-14(17-11)18-4-6-20-7-5-18/h2-3,8-9H,4-7,15H2,1H3,(H,16,19). The van der Waals surface area contributed by atoms with Crippen molar-refractivity contribution in [3.05, 3.63) is 18.2 Å². The molecule has 7 heteroatoms. The van der Waals surface area contributed by atoms with Gasteiger partial charge in [0.05, 0.1) is 19.3 Å². The minimum absolute atomic E-state index is 0.234. The lowest BCUT2D eigenvalue weighted by Gasteiger charge is -2.24. The molecule has 3 rings (SSSR count). The van der Waals surface area contributed by atoms with E-state index in [0.29, 0.717) is 30.5 Å². The van der Waals surface area contributed by atoms with E-state index in [0.717, 1.165) is 18.6 Å². The number of oxazole rings is 1. The van der Waals surface area contributed by atoms with Gasteiger partial charge in [-0.3, -0.25) is 4.79 Å². The Morgan fingerprint density at radius 3 is 2.90 bits per heavy atom. The fourth-order valence-electron chi connectivity index (χ4n) is 2.14. The number of carbonyl (C=O) groups excluding carboxylic acids is 1. The van der Waals surface area contributed by atoms with Gasteiger partial charge in [-0.1, -0.05) is 0 Å².